The molecule has 26 heavy (non-hydrogen) atoms. The fourth-order valence-electron chi connectivity index (χ4n) is 2.68. The molecule has 0 spiro atoms. The summed E-state index contributed by atoms with van der Waals surface area (Å²) in [5.74, 6) is -0.113. The average molecular weight is 371 g/mol. The van der Waals surface area contributed by atoms with Crippen LogP contribution in [0.3, 0.4) is 0 Å². The number of nitrogens with zero attached hydrogens (tertiary/aromatic N) is 2. The molecule has 0 saturated heterocycles. The number of methoxy groups -OCH3 is 1. The zero-order valence-electron chi connectivity index (χ0n) is 14.8. The summed E-state index contributed by atoms with van der Waals surface area (Å²) >= 11 is 1.46. The minimum atomic E-state index is -0.114. The summed E-state index contributed by atoms with van der Waals surface area (Å²) < 4.78 is 6.40. The molecule has 1 amide bonds. The first-order chi connectivity index (χ1) is 12.6. The highest BCUT2D eigenvalue weighted by Crippen LogP contribution is 2.30. The zero-order chi connectivity index (χ0) is 18.5. The van der Waals surface area contributed by atoms with Gasteiger partial charge >= 0.3 is 0 Å². The molecule has 0 aliphatic carbocycles. The monoisotopic (exact) mass is 371 g/mol. The minimum absolute atomic E-state index is 0.113. The van der Waals surface area contributed by atoms with Crippen molar-refractivity contribution in [1.29, 1.82) is 0 Å². The highest BCUT2D eigenvalue weighted by Gasteiger charge is 2.13. The lowest BCUT2D eigenvalue weighted by Crippen LogP contribution is -2.29. The largest absolute Gasteiger partial charge is 0.383 e. The van der Waals surface area contributed by atoms with Crippen molar-refractivity contribution in [3.8, 4) is 11.1 Å². The number of fused-ring (bicyclic) bond motifs is 1. The Labute approximate surface area is 155 Å². The first-order valence-corrected chi connectivity index (χ1v) is 9.27. The number of hydrogen-bond donors (Lipinski definition) is 1. The Morgan fingerprint density at radius 2 is 2.08 bits per heavy atom. The van der Waals surface area contributed by atoms with Crippen LogP contribution in [0.4, 0.5) is 0 Å². The van der Waals surface area contributed by atoms with Gasteiger partial charge in [-0.1, -0.05) is 29.8 Å². The van der Waals surface area contributed by atoms with Crippen LogP contribution < -0.4 is 10.9 Å². The number of ether oxygens (including phenoxy) is 1. The van der Waals surface area contributed by atoms with E-state index >= 15 is 0 Å². The molecule has 0 aliphatic rings. The molecule has 3 aromatic rings. The van der Waals surface area contributed by atoms with Crippen molar-refractivity contribution in [3.63, 3.8) is 0 Å². The average Bonchev–Trinajstić information content (AvgIpc) is 3.07. The fraction of sp³-hybridized carbons (Fsp3) is 0.316. The second-order valence-corrected chi connectivity index (χ2v) is 6.89. The van der Waals surface area contributed by atoms with Gasteiger partial charge in [-0.15, -0.1) is 11.3 Å². The zero-order valence-corrected chi connectivity index (χ0v) is 15.6. The number of benzene rings is 1. The lowest BCUT2D eigenvalue weighted by Gasteiger charge is -2.07. The predicted molar refractivity (Wildman–Crippen MR) is 104 cm³/mol. The highest BCUT2D eigenvalue weighted by atomic mass is 32.1. The van der Waals surface area contributed by atoms with Crippen LogP contribution in [0.5, 0.6) is 0 Å². The Balaban J connectivity index is 1.84. The Kier molecular flexibility index (Phi) is 5.80. The van der Waals surface area contributed by atoms with Gasteiger partial charge in [-0.2, -0.15) is 0 Å². The smallest absolute Gasteiger partial charge is 0.262 e. The number of carbonyl (C=O) groups is 1. The number of carbonyl (C=O) groups excluding carboxylic acids is 1. The number of aromatic nitrogens is 2. The van der Waals surface area contributed by atoms with Crippen molar-refractivity contribution >= 4 is 27.5 Å². The number of rotatable bonds is 7. The van der Waals surface area contributed by atoms with Crippen molar-refractivity contribution in [1.82, 2.24) is 14.9 Å². The van der Waals surface area contributed by atoms with Gasteiger partial charge in [0.05, 0.1) is 18.3 Å². The van der Waals surface area contributed by atoms with Gasteiger partial charge in [0.15, 0.2) is 0 Å². The molecule has 7 heteroatoms. The van der Waals surface area contributed by atoms with E-state index in [1.807, 2.05) is 36.6 Å². The van der Waals surface area contributed by atoms with Crippen LogP contribution in [0.2, 0.25) is 0 Å². The van der Waals surface area contributed by atoms with Crippen LogP contribution in [0.15, 0.2) is 40.8 Å². The van der Waals surface area contributed by atoms with Gasteiger partial charge in [0.25, 0.3) is 5.56 Å². The lowest BCUT2D eigenvalue weighted by atomic mass is 10.1. The molecule has 0 saturated carbocycles. The van der Waals surface area contributed by atoms with E-state index in [1.165, 1.54) is 27.8 Å². The Bertz CT molecular complexity index is 960. The minimum Gasteiger partial charge on any atom is -0.383 e. The topological polar surface area (TPSA) is 73.2 Å². The molecule has 0 fully saturated rings. The van der Waals surface area contributed by atoms with Crippen LogP contribution in [0.25, 0.3) is 21.3 Å². The number of amides is 1. The molecule has 6 nitrogen and oxygen atoms in total. The maximum Gasteiger partial charge on any atom is 0.262 e. The van der Waals surface area contributed by atoms with Crippen molar-refractivity contribution < 1.29 is 9.53 Å². The molecule has 1 N–H and O–H groups in total. The number of aryl methyl sites for hydroxylation is 2. The molecular formula is C19H21N3O3S. The summed E-state index contributed by atoms with van der Waals surface area (Å²) in [7, 11) is 1.58. The Morgan fingerprint density at radius 1 is 1.31 bits per heavy atom. The molecule has 2 aromatic heterocycles. The van der Waals surface area contributed by atoms with Gasteiger partial charge in [0.1, 0.15) is 4.83 Å². The third-order valence-electron chi connectivity index (χ3n) is 4.13. The number of hydrogen-bond acceptors (Lipinski definition) is 5. The standard InChI is InChI=1S/C19H21N3O3S/c1-13-3-5-14(6-4-13)15-11-26-18-17(15)19(24)22(12-21-18)9-7-16(23)20-8-10-25-2/h3-6,11-12H,7-10H2,1-2H3,(H,20,23). The van der Waals surface area contributed by atoms with Crippen LogP contribution >= 0.6 is 11.3 Å². The Morgan fingerprint density at radius 3 is 2.81 bits per heavy atom. The van der Waals surface area contributed by atoms with Crippen molar-refractivity contribution in [2.45, 2.75) is 19.9 Å². The first kappa shape index (κ1) is 18.3. The lowest BCUT2D eigenvalue weighted by molar-refractivity contribution is -0.121. The molecule has 0 unspecified atom stereocenters. The summed E-state index contributed by atoms with van der Waals surface area (Å²) in [6, 6.07) is 8.07. The van der Waals surface area contributed by atoms with E-state index in [4.69, 9.17) is 4.74 Å². The van der Waals surface area contributed by atoms with E-state index in [1.54, 1.807) is 7.11 Å². The fourth-order valence-corrected chi connectivity index (χ4v) is 3.58. The maximum atomic E-state index is 12.9. The molecule has 0 atom stereocenters. The van der Waals surface area contributed by atoms with Gasteiger partial charge in [-0.05, 0) is 12.5 Å². The van der Waals surface area contributed by atoms with Gasteiger partial charge in [0.2, 0.25) is 5.91 Å². The van der Waals surface area contributed by atoms with E-state index in [0.29, 0.717) is 29.9 Å². The van der Waals surface area contributed by atoms with Crippen molar-refractivity contribution in [2.75, 3.05) is 20.3 Å². The quantitative estimate of drug-likeness (QED) is 0.648. The summed E-state index contributed by atoms with van der Waals surface area (Å²) in [6.07, 6.45) is 1.74. The second-order valence-electron chi connectivity index (χ2n) is 6.03. The van der Waals surface area contributed by atoms with Crippen LogP contribution in [0.1, 0.15) is 12.0 Å². The molecular weight excluding hydrogens is 350 g/mol. The first-order valence-electron chi connectivity index (χ1n) is 8.39. The van der Waals surface area contributed by atoms with E-state index in [0.717, 1.165) is 11.1 Å². The van der Waals surface area contributed by atoms with Crippen LogP contribution in [-0.4, -0.2) is 35.7 Å². The molecule has 0 radical (unpaired) electrons. The van der Waals surface area contributed by atoms with E-state index in [2.05, 4.69) is 10.3 Å². The summed E-state index contributed by atoms with van der Waals surface area (Å²) in [4.78, 5) is 29.8. The van der Waals surface area contributed by atoms with Crippen molar-refractivity contribution in [2.24, 2.45) is 0 Å². The van der Waals surface area contributed by atoms with Crippen molar-refractivity contribution in [3.05, 3.63) is 51.9 Å². The molecule has 3 rings (SSSR count). The van der Waals surface area contributed by atoms with Gasteiger partial charge in [0, 0.05) is 37.6 Å². The number of nitrogens with one attached hydrogen (secondary N) is 1. The molecule has 136 valence electrons. The van der Waals surface area contributed by atoms with Gasteiger partial charge in [-0.3, -0.25) is 14.2 Å². The molecule has 0 bridgehead atoms. The van der Waals surface area contributed by atoms with Crippen LogP contribution in [-0.2, 0) is 16.1 Å². The predicted octanol–water partition coefficient (Wildman–Crippen LogP) is 2.59. The molecule has 0 aliphatic heterocycles. The second kappa shape index (κ2) is 8.25. The number of thiophene rings is 1. The van der Waals surface area contributed by atoms with Gasteiger partial charge in [-0.25, -0.2) is 4.98 Å². The Hall–Kier alpha value is -2.51. The summed E-state index contributed by atoms with van der Waals surface area (Å²) in [6.45, 7) is 3.25. The molecule has 2 heterocycles. The molecule has 1 aromatic carbocycles. The third-order valence-corrected chi connectivity index (χ3v) is 5.02. The van der Waals surface area contributed by atoms with E-state index in [-0.39, 0.29) is 17.9 Å². The van der Waals surface area contributed by atoms with Crippen LogP contribution in [0, 0.1) is 6.92 Å². The normalized spacial score (nSPS) is 11.0. The maximum absolute atomic E-state index is 12.9. The summed E-state index contributed by atoms with van der Waals surface area (Å²) in [5, 5.41) is 5.33. The summed E-state index contributed by atoms with van der Waals surface area (Å²) in [5.41, 5.74) is 2.94. The van der Waals surface area contributed by atoms with Gasteiger partial charge < -0.3 is 10.1 Å². The van der Waals surface area contributed by atoms with E-state index in [9.17, 15) is 9.59 Å². The third kappa shape index (κ3) is 4.00. The van der Waals surface area contributed by atoms with E-state index < -0.39 is 0 Å². The SMILES string of the molecule is COCCNC(=O)CCn1cnc2scc(-c3ccc(C)cc3)c2c1=O. The highest BCUT2D eigenvalue weighted by molar-refractivity contribution is 7.17.